The van der Waals surface area contributed by atoms with Crippen LogP contribution in [-0.2, 0) is 37.2 Å². The van der Waals surface area contributed by atoms with E-state index in [1.54, 1.807) is 24.3 Å². The number of aryl methyl sites for hydroxylation is 1. The number of fused-ring (bicyclic) bond motifs is 4. The Morgan fingerprint density at radius 2 is 1.51 bits per heavy atom. The highest BCUT2D eigenvalue weighted by molar-refractivity contribution is 5.94. The van der Waals surface area contributed by atoms with Crippen LogP contribution in [0, 0.1) is 23.5 Å². The van der Waals surface area contributed by atoms with Crippen LogP contribution in [0.4, 0.5) is 14.5 Å². The third-order valence-corrected chi connectivity index (χ3v) is 11.5. The molecule has 2 aliphatic carbocycles. The van der Waals surface area contributed by atoms with Gasteiger partial charge in [0.05, 0.1) is 39.3 Å². The van der Waals surface area contributed by atoms with Crippen LogP contribution >= 0.6 is 0 Å². The molecule has 9 nitrogen and oxygen atoms in total. The summed E-state index contributed by atoms with van der Waals surface area (Å²) in [6.07, 6.45) is 1.04. The molecule has 11 heteroatoms. The molecule has 1 aliphatic heterocycles. The van der Waals surface area contributed by atoms with Crippen molar-refractivity contribution < 1.29 is 32.9 Å². The fraction of sp³-hybridized carbons (Fsp3) is 0.318. The second-order valence-electron chi connectivity index (χ2n) is 14.6. The van der Waals surface area contributed by atoms with Crippen molar-refractivity contribution in [3.05, 3.63) is 140 Å². The van der Waals surface area contributed by atoms with E-state index in [0.29, 0.717) is 66.4 Å². The van der Waals surface area contributed by atoms with Crippen LogP contribution in [0.1, 0.15) is 44.6 Å². The van der Waals surface area contributed by atoms with E-state index in [-0.39, 0.29) is 35.5 Å². The van der Waals surface area contributed by atoms with Crippen molar-refractivity contribution in [1.82, 2.24) is 9.47 Å². The topological polar surface area (TPSA) is 93.5 Å². The van der Waals surface area contributed by atoms with E-state index < -0.39 is 34.5 Å². The number of hydrogen-bond acceptors (Lipinski definition) is 8. The summed E-state index contributed by atoms with van der Waals surface area (Å²) in [7, 11) is 4.10. The van der Waals surface area contributed by atoms with Crippen molar-refractivity contribution in [3.63, 3.8) is 0 Å². The van der Waals surface area contributed by atoms with Crippen molar-refractivity contribution in [1.29, 1.82) is 0 Å². The number of rotatable bonds is 11. The molecule has 2 heterocycles. The van der Waals surface area contributed by atoms with Gasteiger partial charge in [0.15, 0.2) is 17.2 Å². The van der Waals surface area contributed by atoms with Crippen LogP contribution in [0.3, 0.4) is 0 Å². The van der Waals surface area contributed by atoms with Crippen molar-refractivity contribution in [2.75, 3.05) is 39.3 Å². The van der Waals surface area contributed by atoms with Crippen LogP contribution in [0.15, 0.2) is 89.7 Å². The lowest BCUT2D eigenvalue weighted by molar-refractivity contribution is 0.0594. The van der Waals surface area contributed by atoms with E-state index in [0.717, 1.165) is 20.2 Å². The van der Waals surface area contributed by atoms with E-state index in [1.807, 2.05) is 41.3 Å². The molecule has 0 spiro atoms. The number of piperidine rings is 1. The number of esters is 1. The van der Waals surface area contributed by atoms with Crippen molar-refractivity contribution in [3.8, 4) is 28.5 Å². The average Bonchev–Trinajstić information content (AvgIpc) is 3.78. The summed E-state index contributed by atoms with van der Waals surface area (Å²) in [5.41, 5.74) is 2.38. The van der Waals surface area contributed by atoms with Gasteiger partial charge in [0, 0.05) is 55.0 Å². The summed E-state index contributed by atoms with van der Waals surface area (Å²) in [5.74, 6) is -2.20. The molecule has 8 rings (SSSR count). The molecule has 3 aliphatic rings. The minimum atomic E-state index is -1.09. The smallest absolute Gasteiger partial charge is 0.347 e. The average molecular weight is 748 g/mol. The molecule has 0 radical (unpaired) electrons. The zero-order valence-corrected chi connectivity index (χ0v) is 31.1. The molecule has 1 N–H and O–H groups in total. The Kier molecular flexibility index (Phi) is 9.81. The van der Waals surface area contributed by atoms with E-state index >= 15 is 8.78 Å². The summed E-state index contributed by atoms with van der Waals surface area (Å²) in [6, 6.07) is 27.8. The SMILES string of the molecule is COC(=O)c1c(O)c2c(n(Cc3ccc(OC)cc3OC)c1=O)-c1c(cc(N3C[C@@H]4[C@H](C3)[C@H]4N(Cc3ccccc3)Cc3ccccc3)c(F)c1F)CCC2. The molecule has 4 aromatic carbocycles. The molecule has 284 valence electrons. The number of aromatic hydroxyl groups is 1. The van der Waals surface area contributed by atoms with Gasteiger partial charge in [-0.2, -0.15) is 0 Å². The molecule has 0 unspecified atom stereocenters. The van der Waals surface area contributed by atoms with Crippen LogP contribution in [0.2, 0.25) is 0 Å². The fourth-order valence-electron chi connectivity index (χ4n) is 8.81. The van der Waals surface area contributed by atoms with Gasteiger partial charge < -0.3 is 28.8 Å². The summed E-state index contributed by atoms with van der Waals surface area (Å²) in [5, 5.41) is 11.4. The van der Waals surface area contributed by atoms with Crippen molar-refractivity contribution >= 4 is 11.7 Å². The zero-order chi connectivity index (χ0) is 38.4. The predicted octanol–water partition coefficient (Wildman–Crippen LogP) is 6.98. The Balaban J connectivity index is 1.15. The maximum atomic E-state index is 16.9. The summed E-state index contributed by atoms with van der Waals surface area (Å²) >= 11 is 0. The molecule has 5 aromatic rings. The fourth-order valence-corrected chi connectivity index (χ4v) is 8.81. The number of carbonyl (C=O) groups excluding carboxylic acids is 1. The maximum absolute atomic E-state index is 16.9. The Hall–Kier alpha value is -5.68. The van der Waals surface area contributed by atoms with E-state index in [1.165, 1.54) is 29.9 Å². The molecule has 55 heavy (non-hydrogen) atoms. The first-order valence-corrected chi connectivity index (χ1v) is 18.6. The molecule has 1 saturated carbocycles. The van der Waals surface area contributed by atoms with Gasteiger partial charge in [0.25, 0.3) is 5.56 Å². The third kappa shape index (κ3) is 6.60. The molecule has 0 bridgehead atoms. The number of methoxy groups -OCH3 is 3. The highest BCUT2D eigenvalue weighted by Gasteiger charge is 2.58. The van der Waals surface area contributed by atoms with Gasteiger partial charge in [-0.25, -0.2) is 13.6 Å². The first-order chi connectivity index (χ1) is 26.7. The van der Waals surface area contributed by atoms with Gasteiger partial charge in [-0.3, -0.25) is 9.69 Å². The summed E-state index contributed by atoms with van der Waals surface area (Å²) in [4.78, 5) is 31.5. The molecular weight excluding hydrogens is 704 g/mol. The van der Waals surface area contributed by atoms with Gasteiger partial charge in [0.2, 0.25) is 0 Å². The second kappa shape index (κ2) is 14.9. The largest absolute Gasteiger partial charge is 0.506 e. The molecule has 0 amide bonds. The number of anilines is 1. The Bertz CT molecular complexity index is 2260. The predicted molar refractivity (Wildman–Crippen MR) is 205 cm³/mol. The summed E-state index contributed by atoms with van der Waals surface area (Å²) < 4.78 is 50.5. The normalized spacial score (nSPS) is 18.3. The molecule has 3 atom stereocenters. The number of ether oxygens (including phenoxy) is 3. The number of halogens is 2. The summed E-state index contributed by atoms with van der Waals surface area (Å²) in [6.45, 7) is 2.60. The lowest BCUT2D eigenvalue weighted by atomic mass is 9.96. The molecular formula is C44H43F2N3O6. The first kappa shape index (κ1) is 36.3. The van der Waals surface area contributed by atoms with Crippen LogP contribution in [0.25, 0.3) is 11.3 Å². The number of hydrogen-bond donors (Lipinski definition) is 1. The highest BCUT2D eigenvalue weighted by Crippen LogP contribution is 2.52. The molecule has 1 aromatic heterocycles. The van der Waals surface area contributed by atoms with Crippen molar-refractivity contribution in [2.24, 2.45) is 11.8 Å². The lowest BCUT2D eigenvalue weighted by Gasteiger charge is -2.29. The Morgan fingerprint density at radius 1 is 0.855 bits per heavy atom. The lowest BCUT2D eigenvalue weighted by Crippen LogP contribution is -2.35. The van der Waals surface area contributed by atoms with Gasteiger partial charge in [-0.05, 0) is 66.0 Å². The standard InChI is InChI=1S/C44H43F2N3O6/c1-53-30-18-17-29(35(20-30)54-2)23-49-41-31(42(50)37(43(49)51)44(52)55-3)16-10-15-28-19-34(38(45)39(46)36(28)41)47-24-32-33(25-47)40(32)48(21-26-11-6-4-7-12-26)22-27-13-8-5-9-14-27/h4-9,11-14,17-20,32-33,40,50H,10,15-16,21-25H2,1-3H3/t32-,33+,40+. The van der Waals surface area contributed by atoms with Gasteiger partial charge in [-0.1, -0.05) is 60.7 Å². The molecule has 2 fully saturated rings. The van der Waals surface area contributed by atoms with Crippen LogP contribution < -0.4 is 19.9 Å². The van der Waals surface area contributed by atoms with Gasteiger partial charge in [-0.15, -0.1) is 0 Å². The number of benzene rings is 4. The maximum Gasteiger partial charge on any atom is 0.347 e. The number of pyridine rings is 1. The van der Waals surface area contributed by atoms with Crippen LogP contribution in [0.5, 0.6) is 17.2 Å². The first-order valence-electron chi connectivity index (χ1n) is 18.6. The number of aromatic nitrogens is 1. The quantitative estimate of drug-likeness (QED) is 0.145. The Labute approximate surface area is 318 Å². The van der Waals surface area contributed by atoms with E-state index in [2.05, 4.69) is 29.2 Å². The number of nitrogens with zero attached hydrogens (tertiary/aromatic N) is 3. The van der Waals surface area contributed by atoms with Gasteiger partial charge in [0.1, 0.15) is 17.2 Å². The highest BCUT2D eigenvalue weighted by atomic mass is 19.2. The Morgan fingerprint density at radius 3 is 2.11 bits per heavy atom. The van der Waals surface area contributed by atoms with Crippen molar-refractivity contribution in [2.45, 2.75) is 44.9 Å². The number of carbonyl (C=O) groups is 1. The minimum Gasteiger partial charge on any atom is -0.506 e. The molecule has 1 saturated heterocycles. The van der Waals surface area contributed by atoms with E-state index in [4.69, 9.17) is 14.2 Å². The van der Waals surface area contributed by atoms with Gasteiger partial charge >= 0.3 is 5.97 Å². The third-order valence-electron chi connectivity index (χ3n) is 11.5. The van der Waals surface area contributed by atoms with E-state index in [9.17, 15) is 14.7 Å². The second-order valence-corrected chi connectivity index (χ2v) is 14.6. The zero-order valence-electron chi connectivity index (χ0n) is 31.1. The van der Waals surface area contributed by atoms with Crippen LogP contribution in [-0.4, -0.2) is 61.0 Å². The monoisotopic (exact) mass is 747 g/mol. The minimum absolute atomic E-state index is 0.0327.